The fourth-order valence-electron chi connectivity index (χ4n) is 1.55. The predicted octanol–water partition coefficient (Wildman–Crippen LogP) is 3.40. The van der Waals surface area contributed by atoms with Gasteiger partial charge in [-0.05, 0) is 25.6 Å². The summed E-state index contributed by atoms with van der Waals surface area (Å²) in [6, 6.07) is 2.10. The minimum Gasteiger partial charge on any atom is -0.313 e. The molecule has 86 valence electrons. The highest BCUT2D eigenvalue weighted by atomic mass is 79.9. The van der Waals surface area contributed by atoms with E-state index in [1.807, 2.05) is 0 Å². The third-order valence-corrected chi connectivity index (χ3v) is 2.78. The standard InChI is InChI=1S/C12H12BrF2N/c1-3-4-5-11(16-2)12-9(14)6-8(13)7-10(12)15/h1,6-7,11,16H,4-5H2,2H3. The lowest BCUT2D eigenvalue weighted by Gasteiger charge is -2.17. The molecule has 0 bridgehead atoms. The largest absolute Gasteiger partial charge is 0.313 e. The van der Waals surface area contributed by atoms with E-state index in [0.717, 1.165) is 0 Å². The highest BCUT2D eigenvalue weighted by Gasteiger charge is 2.18. The van der Waals surface area contributed by atoms with Crippen LogP contribution in [0.1, 0.15) is 24.4 Å². The van der Waals surface area contributed by atoms with E-state index in [-0.39, 0.29) is 5.56 Å². The normalized spacial score (nSPS) is 12.2. The molecule has 0 aromatic heterocycles. The number of hydrogen-bond donors (Lipinski definition) is 1. The summed E-state index contributed by atoms with van der Waals surface area (Å²) in [5.74, 6) is 1.33. The minimum absolute atomic E-state index is 0.0425. The van der Waals surface area contributed by atoms with E-state index in [1.54, 1.807) is 7.05 Å². The molecule has 16 heavy (non-hydrogen) atoms. The second-order valence-electron chi connectivity index (χ2n) is 3.37. The van der Waals surface area contributed by atoms with Crippen molar-refractivity contribution in [2.45, 2.75) is 18.9 Å². The summed E-state index contributed by atoms with van der Waals surface area (Å²) in [6.07, 6.45) is 6.11. The summed E-state index contributed by atoms with van der Waals surface area (Å²) in [5, 5.41) is 2.86. The van der Waals surface area contributed by atoms with Crippen LogP contribution in [0.3, 0.4) is 0 Å². The summed E-state index contributed by atoms with van der Waals surface area (Å²) < 4.78 is 27.6. The topological polar surface area (TPSA) is 12.0 Å². The molecule has 1 rings (SSSR count). The molecule has 0 aliphatic rings. The lowest BCUT2D eigenvalue weighted by molar-refractivity contribution is 0.474. The number of terminal acetylenes is 1. The van der Waals surface area contributed by atoms with Gasteiger partial charge in [-0.15, -0.1) is 12.3 Å². The van der Waals surface area contributed by atoms with Gasteiger partial charge in [-0.25, -0.2) is 8.78 Å². The SMILES string of the molecule is C#CCCC(NC)c1c(F)cc(Br)cc1F. The van der Waals surface area contributed by atoms with E-state index < -0.39 is 17.7 Å². The Morgan fingerprint density at radius 1 is 1.44 bits per heavy atom. The second-order valence-corrected chi connectivity index (χ2v) is 4.28. The molecule has 1 aromatic carbocycles. The van der Waals surface area contributed by atoms with Crippen LogP contribution in [0, 0.1) is 24.0 Å². The molecule has 0 aliphatic heterocycles. The first-order valence-corrected chi connectivity index (χ1v) is 5.64. The molecule has 4 heteroatoms. The Kier molecular flexibility index (Phi) is 4.91. The molecule has 0 amide bonds. The van der Waals surface area contributed by atoms with E-state index in [2.05, 4.69) is 27.2 Å². The van der Waals surface area contributed by atoms with Crippen molar-refractivity contribution in [2.75, 3.05) is 7.05 Å². The van der Waals surface area contributed by atoms with Gasteiger partial charge in [0, 0.05) is 22.5 Å². The predicted molar refractivity (Wildman–Crippen MR) is 63.9 cm³/mol. The molecular formula is C12H12BrF2N. The maximum atomic E-state index is 13.6. The number of hydrogen-bond acceptors (Lipinski definition) is 1. The van der Waals surface area contributed by atoms with Gasteiger partial charge >= 0.3 is 0 Å². The monoisotopic (exact) mass is 287 g/mol. The zero-order valence-electron chi connectivity index (χ0n) is 8.86. The van der Waals surface area contributed by atoms with Crippen molar-refractivity contribution >= 4 is 15.9 Å². The summed E-state index contributed by atoms with van der Waals surface area (Å²) in [6.45, 7) is 0. The van der Waals surface area contributed by atoms with Crippen LogP contribution in [-0.4, -0.2) is 7.05 Å². The molecular weight excluding hydrogens is 276 g/mol. The van der Waals surface area contributed by atoms with Gasteiger partial charge in [0.05, 0.1) is 0 Å². The van der Waals surface area contributed by atoms with Crippen LogP contribution in [-0.2, 0) is 0 Å². The average Bonchev–Trinajstić information content (AvgIpc) is 2.21. The van der Waals surface area contributed by atoms with Gasteiger partial charge in [0.25, 0.3) is 0 Å². The Morgan fingerprint density at radius 3 is 2.44 bits per heavy atom. The Balaban J connectivity index is 3.05. The van der Waals surface area contributed by atoms with E-state index in [4.69, 9.17) is 6.42 Å². The Morgan fingerprint density at radius 2 is 2.00 bits per heavy atom. The smallest absolute Gasteiger partial charge is 0.132 e. The number of nitrogens with one attached hydrogen (secondary N) is 1. The van der Waals surface area contributed by atoms with Gasteiger partial charge in [0.2, 0.25) is 0 Å². The first-order chi connectivity index (χ1) is 7.60. The number of benzene rings is 1. The molecule has 0 aliphatic carbocycles. The molecule has 0 saturated heterocycles. The molecule has 0 spiro atoms. The summed E-state index contributed by atoms with van der Waals surface area (Å²) in [7, 11) is 1.65. The summed E-state index contributed by atoms with van der Waals surface area (Å²) in [5.41, 5.74) is 0.0425. The second kappa shape index (κ2) is 5.97. The van der Waals surface area contributed by atoms with Crippen LogP contribution in [0.2, 0.25) is 0 Å². The van der Waals surface area contributed by atoms with Gasteiger partial charge in [-0.3, -0.25) is 0 Å². The van der Waals surface area contributed by atoms with Crippen molar-refractivity contribution in [2.24, 2.45) is 0 Å². The zero-order valence-corrected chi connectivity index (χ0v) is 10.4. The van der Waals surface area contributed by atoms with E-state index in [0.29, 0.717) is 17.3 Å². The van der Waals surface area contributed by atoms with Gasteiger partial charge in [-0.1, -0.05) is 15.9 Å². The molecule has 1 aromatic rings. The Bertz CT molecular complexity index is 389. The van der Waals surface area contributed by atoms with Gasteiger partial charge in [0.1, 0.15) is 11.6 Å². The van der Waals surface area contributed by atoms with Crippen LogP contribution in [0.25, 0.3) is 0 Å². The lowest BCUT2D eigenvalue weighted by Crippen LogP contribution is -2.19. The van der Waals surface area contributed by atoms with Gasteiger partial charge < -0.3 is 5.32 Å². The molecule has 0 heterocycles. The fraction of sp³-hybridized carbons (Fsp3) is 0.333. The van der Waals surface area contributed by atoms with Crippen LogP contribution >= 0.6 is 15.9 Å². The highest BCUT2D eigenvalue weighted by Crippen LogP contribution is 2.27. The maximum absolute atomic E-state index is 13.6. The average molecular weight is 288 g/mol. The first kappa shape index (κ1) is 13.1. The summed E-state index contributed by atoms with van der Waals surface area (Å²) in [4.78, 5) is 0. The number of rotatable bonds is 4. The molecule has 0 fully saturated rings. The van der Waals surface area contributed by atoms with Crippen molar-refractivity contribution in [1.82, 2.24) is 5.32 Å². The van der Waals surface area contributed by atoms with Crippen LogP contribution < -0.4 is 5.32 Å². The van der Waals surface area contributed by atoms with Crippen LogP contribution in [0.5, 0.6) is 0 Å². The van der Waals surface area contributed by atoms with E-state index in [9.17, 15) is 8.78 Å². The quantitative estimate of drug-likeness (QED) is 0.837. The van der Waals surface area contributed by atoms with Crippen molar-refractivity contribution in [3.8, 4) is 12.3 Å². The Labute approximate surface area is 102 Å². The lowest BCUT2D eigenvalue weighted by atomic mass is 10.0. The van der Waals surface area contributed by atoms with Crippen molar-refractivity contribution in [3.63, 3.8) is 0 Å². The van der Waals surface area contributed by atoms with E-state index in [1.165, 1.54) is 12.1 Å². The summed E-state index contributed by atoms with van der Waals surface area (Å²) >= 11 is 3.04. The van der Waals surface area contributed by atoms with Crippen LogP contribution in [0.15, 0.2) is 16.6 Å². The molecule has 1 unspecified atom stereocenters. The highest BCUT2D eigenvalue weighted by molar-refractivity contribution is 9.10. The molecule has 1 nitrogen and oxygen atoms in total. The minimum atomic E-state index is -0.566. The van der Waals surface area contributed by atoms with Crippen LogP contribution in [0.4, 0.5) is 8.78 Å². The molecule has 1 atom stereocenters. The van der Waals surface area contributed by atoms with Gasteiger partial charge in [0.15, 0.2) is 0 Å². The molecule has 0 radical (unpaired) electrons. The zero-order chi connectivity index (χ0) is 12.1. The fourth-order valence-corrected chi connectivity index (χ4v) is 1.95. The van der Waals surface area contributed by atoms with Crippen molar-refractivity contribution in [3.05, 3.63) is 33.8 Å². The first-order valence-electron chi connectivity index (χ1n) is 4.85. The van der Waals surface area contributed by atoms with Crippen molar-refractivity contribution < 1.29 is 8.78 Å². The van der Waals surface area contributed by atoms with E-state index >= 15 is 0 Å². The molecule has 1 N–H and O–H groups in total. The third kappa shape index (κ3) is 3.03. The molecule has 0 saturated carbocycles. The third-order valence-electron chi connectivity index (χ3n) is 2.32. The number of halogens is 3. The van der Waals surface area contributed by atoms with Gasteiger partial charge in [-0.2, -0.15) is 0 Å². The Hall–Kier alpha value is -0.920. The van der Waals surface area contributed by atoms with Crippen molar-refractivity contribution in [1.29, 1.82) is 0 Å². The maximum Gasteiger partial charge on any atom is 0.132 e.